The van der Waals surface area contributed by atoms with E-state index in [1.165, 1.54) is 22.3 Å². The number of hydrogen-bond acceptors (Lipinski definition) is 2. The van der Waals surface area contributed by atoms with Gasteiger partial charge in [-0.3, -0.25) is 0 Å². The summed E-state index contributed by atoms with van der Waals surface area (Å²) in [5.41, 5.74) is 5.21. The molecule has 0 fully saturated rings. The maximum Gasteiger partial charge on any atom is 0.122 e. The van der Waals surface area contributed by atoms with Gasteiger partial charge in [0, 0.05) is 0 Å². The molecule has 0 saturated heterocycles. The zero-order valence-electron chi connectivity index (χ0n) is 16.4. The molecule has 0 aliphatic carbocycles. The average Bonchev–Trinajstić information content (AvgIpc) is 2.54. The van der Waals surface area contributed by atoms with E-state index in [1.54, 1.807) is 14.2 Å². The van der Waals surface area contributed by atoms with Crippen LogP contribution in [0.5, 0.6) is 11.5 Å². The zero-order valence-corrected chi connectivity index (χ0v) is 16.4. The fourth-order valence-electron chi connectivity index (χ4n) is 2.88. The van der Waals surface area contributed by atoms with Crippen LogP contribution >= 0.6 is 0 Å². The van der Waals surface area contributed by atoms with Gasteiger partial charge in [-0.25, -0.2) is 0 Å². The molecule has 0 aromatic heterocycles. The van der Waals surface area contributed by atoms with Crippen LogP contribution in [0.2, 0.25) is 0 Å². The third-order valence-electron chi connectivity index (χ3n) is 4.09. The summed E-state index contributed by atoms with van der Waals surface area (Å²) in [5.74, 6) is 3.06. The van der Waals surface area contributed by atoms with Crippen LogP contribution in [-0.4, -0.2) is 14.2 Å². The van der Waals surface area contributed by atoms with E-state index in [4.69, 9.17) is 9.47 Å². The third kappa shape index (κ3) is 5.30. The topological polar surface area (TPSA) is 18.5 Å². The zero-order chi connectivity index (χ0) is 18.3. The lowest BCUT2D eigenvalue weighted by molar-refractivity contribution is 0.407. The van der Waals surface area contributed by atoms with E-state index in [0.717, 1.165) is 11.5 Å². The van der Waals surface area contributed by atoms with Crippen molar-refractivity contribution < 1.29 is 9.47 Å². The second-order valence-electron chi connectivity index (χ2n) is 6.75. The molecule has 2 aromatic rings. The maximum absolute atomic E-state index is 5.29. The van der Waals surface area contributed by atoms with Gasteiger partial charge in [0.25, 0.3) is 0 Å². The van der Waals surface area contributed by atoms with Crippen molar-refractivity contribution >= 4 is 0 Å². The predicted molar refractivity (Wildman–Crippen MR) is 104 cm³/mol. The summed E-state index contributed by atoms with van der Waals surface area (Å²) in [6, 6.07) is 12.5. The summed E-state index contributed by atoms with van der Waals surface area (Å²) in [5, 5.41) is 0. The Balaban J connectivity index is 0.000000240. The number of rotatable bonds is 4. The molecule has 24 heavy (non-hydrogen) atoms. The Bertz CT molecular complexity index is 642. The Kier molecular flexibility index (Phi) is 7.84. The molecule has 132 valence electrons. The van der Waals surface area contributed by atoms with Crippen molar-refractivity contribution in [3.8, 4) is 11.5 Å². The lowest BCUT2D eigenvalue weighted by Gasteiger charge is -2.13. The highest BCUT2D eigenvalue weighted by Crippen LogP contribution is 2.29. The Morgan fingerprint density at radius 3 is 1.83 bits per heavy atom. The Morgan fingerprint density at radius 1 is 0.750 bits per heavy atom. The minimum absolute atomic E-state index is 0.528. The van der Waals surface area contributed by atoms with Crippen molar-refractivity contribution in [2.45, 2.75) is 53.4 Å². The molecule has 0 bridgehead atoms. The van der Waals surface area contributed by atoms with Crippen LogP contribution < -0.4 is 9.47 Å². The van der Waals surface area contributed by atoms with Gasteiger partial charge in [-0.2, -0.15) is 0 Å². The van der Waals surface area contributed by atoms with Crippen molar-refractivity contribution in [3.63, 3.8) is 0 Å². The van der Waals surface area contributed by atoms with Gasteiger partial charge < -0.3 is 9.47 Å². The summed E-state index contributed by atoms with van der Waals surface area (Å²) in [4.78, 5) is 0. The van der Waals surface area contributed by atoms with Crippen molar-refractivity contribution in [2.75, 3.05) is 14.2 Å². The van der Waals surface area contributed by atoms with Crippen LogP contribution in [0.15, 0.2) is 36.4 Å². The molecule has 0 spiro atoms. The van der Waals surface area contributed by atoms with Gasteiger partial charge in [0.15, 0.2) is 0 Å². The second-order valence-corrected chi connectivity index (χ2v) is 6.75. The van der Waals surface area contributed by atoms with Gasteiger partial charge in [-0.05, 0) is 54.5 Å². The van der Waals surface area contributed by atoms with Crippen LogP contribution in [0, 0.1) is 13.8 Å². The summed E-state index contributed by atoms with van der Waals surface area (Å²) in [6.45, 7) is 13.0. The highest BCUT2D eigenvalue weighted by molar-refractivity contribution is 5.41. The summed E-state index contributed by atoms with van der Waals surface area (Å²) in [7, 11) is 3.44. The lowest BCUT2D eigenvalue weighted by atomic mass is 9.97. The molecule has 0 aliphatic rings. The monoisotopic (exact) mass is 328 g/mol. The molecule has 0 heterocycles. The van der Waals surface area contributed by atoms with Crippen LogP contribution in [0.3, 0.4) is 0 Å². The number of hydrogen-bond donors (Lipinski definition) is 0. The molecule has 0 radical (unpaired) electrons. The lowest BCUT2D eigenvalue weighted by Crippen LogP contribution is -1.96. The Hall–Kier alpha value is -1.96. The van der Waals surface area contributed by atoms with Gasteiger partial charge in [0.2, 0.25) is 0 Å². The third-order valence-corrected chi connectivity index (χ3v) is 4.09. The fourth-order valence-corrected chi connectivity index (χ4v) is 2.88. The first-order valence-corrected chi connectivity index (χ1v) is 8.59. The highest BCUT2D eigenvalue weighted by atomic mass is 16.5. The Morgan fingerprint density at radius 2 is 1.38 bits per heavy atom. The van der Waals surface area contributed by atoms with Crippen LogP contribution in [0.25, 0.3) is 0 Å². The molecule has 0 atom stereocenters. The first-order chi connectivity index (χ1) is 11.3. The normalized spacial score (nSPS) is 10.4. The van der Waals surface area contributed by atoms with E-state index in [2.05, 4.69) is 59.7 Å². The summed E-state index contributed by atoms with van der Waals surface area (Å²) >= 11 is 0. The minimum atomic E-state index is 0.528. The summed E-state index contributed by atoms with van der Waals surface area (Å²) < 4.78 is 10.5. The molecule has 0 N–H and O–H groups in total. The number of benzene rings is 2. The van der Waals surface area contributed by atoms with E-state index in [9.17, 15) is 0 Å². The first kappa shape index (κ1) is 20.1. The average molecular weight is 328 g/mol. The van der Waals surface area contributed by atoms with Gasteiger partial charge in [0.1, 0.15) is 11.5 Å². The quantitative estimate of drug-likeness (QED) is 0.660. The number of aryl methyl sites for hydroxylation is 2. The van der Waals surface area contributed by atoms with E-state index < -0.39 is 0 Å². The molecular formula is C22H32O2. The molecule has 2 aromatic carbocycles. The van der Waals surface area contributed by atoms with Crippen molar-refractivity contribution in [1.82, 2.24) is 0 Å². The standard InChI is InChI=1S/2C11H16O/c1-8(2)10-7-9(3)5-6-11(10)12-4;1-8(2)11-9(3)6-5-7-10(11)12-4/h2*5-8H,1-4H3. The molecular weight excluding hydrogens is 296 g/mol. The Labute approximate surface area is 147 Å². The minimum Gasteiger partial charge on any atom is -0.496 e. The van der Waals surface area contributed by atoms with Crippen molar-refractivity contribution in [3.05, 3.63) is 58.7 Å². The van der Waals surface area contributed by atoms with E-state index in [0.29, 0.717) is 11.8 Å². The molecule has 0 unspecified atom stereocenters. The maximum atomic E-state index is 5.29. The van der Waals surface area contributed by atoms with Crippen LogP contribution in [0.1, 0.15) is 61.8 Å². The van der Waals surface area contributed by atoms with Gasteiger partial charge >= 0.3 is 0 Å². The second kappa shape index (κ2) is 9.36. The van der Waals surface area contributed by atoms with E-state index in [1.807, 2.05) is 18.2 Å². The largest absolute Gasteiger partial charge is 0.496 e. The smallest absolute Gasteiger partial charge is 0.122 e. The van der Waals surface area contributed by atoms with Crippen LogP contribution in [-0.2, 0) is 0 Å². The van der Waals surface area contributed by atoms with Gasteiger partial charge in [0.05, 0.1) is 14.2 Å². The number of methoxy groups -OCH3 is 2. The molecule has 0 amide bonds. The summed E-state index contributed by atoms with van der Waals surface area (Å²) in [6.07, 6.45) is 0. The first-order valence-electron chi connectivity index (χ1n) is 8.59. The van der Waals surface area contributed by atoms with Crippen molar-refractivity contribution in [1.29, 1.82) is 0 Å². The van der Waals surface area contributed by atoms with Gasteiger partial charge in [-0.1, -0.05) is 57.5 Å². The van der Waals surface area contributed by atoms with E-state index >= 15 is 0 Å². The highest BCUT2D eigenvalue weighted by Gasteiger charge is 2.08. The van der Waals surface area contributed by atoms with Crippen molar-refractivity contribution in [2.24, 2.45) is 0 Å². The van der Waals surface area contributed by atoms with E-state index in [-0.39, 0.29) is 0 Å². The molecule has 2 rings (SSSR count). The van der Waals surface area contributed by atoms with Gasteiger partial charge in [-0.15, -0.1) is 0 Å². The SMILES string of the molecule is COc1ccc(C)cc1C(C)C.COc1cccc(C)c1C(C)C. The molecule has 2 nitrogen and oxygen atoms in total. The number of ether oxygens (including phenoxy) is 2. The molecule has 0 aliphatic heterocycles. The molecule has 0 saturated carbocycles. The van der Waals surface area contributed by atoms with Crippen LogP contribution in [0.4, 0.5) is 0 Å². The predicted octanol–water partition coefficient (Wildman–Crippen LogP) is 6.25. The molecule has 2 heteroatoms. The fraction of sp³-hybridized carbons (Fsp3) is 0.455.